The van der Waals surface area contributed by atoms with Crippen LogP contribution in [0.1, 0.15) is 21.5 Å². The Balaban J connectivity index is 0.000000383. The van der Waals surface area contributed by atoms with E-state index in [1.807, 2.05) is 19.1 Å². The van der Waals surface area contributed by atoms with Crippen LogP contribution in [0, 0.1) is 6.92 Å². The van der Waals surface area contributed by atoms with Gasteiger partial charge in [0, 0.05) is 5.56 Å². The highest BCUT2D eigenvalue weighted by molar-refractivity contribution is 7.79. The van der Waals surface area contributed by atoms with Crippen LogP contribution in [0.2, 0.25) is 0 Å². The molecule has 21 heavy (non-hydrogen) atoms. The van der Waals surface area contributed by atoms with Crippen molar-refractivity contribution < 1.29 is 27.4 Å². The molecule has 0 spiro atoms. The second-order valence-electron chi connectivity index (χ2n) is 4.16. The number of carbonyl (C=O) groups excluding carboxylic acids is 1. The van der Waals surface area contributed by atoms with Crippen LogP contribution < -0.4 is 0 Å². The molecule has 0 unspecified atom stereocenters. The third-order valence-corrected chi connectivity index (χ3v) is 2.43. The first-order valence-corrected chi connectivity index (χ1v) is 7.17. The number of aromatic hydroxyl groups is 1. The number of carbonyl (C=O) groups is 1. The minimum Gasteiger partial charge on any atom is -0.507 e. The van der Waals surface area contributed by atoms with E-state index in [4.69, 9.17) is 17.5 Å². The second-order valence-corrected chi connectivity index (χ2v) is 5.06. The van der Waals surface area contributed by atoms with Gasteiger partial charge in [0.1, 0.15) is 5.75 Å². The average Bonchev–Trinajstić information content (AvgIpc) is 2.37. The summed E-state index contributed by atoms with van der Waals surface area (Å²) in [7, 11) is -4.67. The fourth-order valence-electron chi connectivity index (χ4n) is 1.58. The number of hydrogen-bond acceptors (Lipinski definition) is 4. The van der Waals surface area contributed by atoms with Crippen LogP contribution in [0.4, 0.5) is 0 Å². The lowest BCUT2D eigenvalue weighted by atomic mass is 10.0. The number of ketones is 1. The minimum absolute atomic E-state index is 0.0360. The monoisotopic (exact) mass is 310 g/mol. The van der Waals surface area contributed by atoms with Crippen molar-refractivity contribution in [1.29, 1.82) is 0 Å². The number of phenols is 1. The molecule has 0 saturated heterocycles. The molecule has 0 aliphatic carbocycles. The Morgan fingerprint density at radius 3 is 2.00 bits per heavy atom. The zero-order chi connectivity index (χ0) is 16.0. The van der Waals surface area contributed by atoms with Crippen LogP contribution in [0.3, 0.4) is 0 Å². The Morgan fingerprint density at radius 1 is 1.00 bits per heavy atom. The molecule has 0 amide bonds. The van der Waals surface area contributed by atoms with Gasteiger partial charge in [-0.25, -0.2) is 0 Å². The van der Waals surface area contributed by atoms with Gasteiger partial charge in [0.15, 0.2) is 5.78 Å². The summed E-state index contributed by atoms with van der Waals surface area (Å²) in [5.41, 5.74) is 1.86. The van der Waals surface area contributed by atoms with Gasteiger partial charge in [-0.3, -0.25) is 13.9 Å². The molecule has 0 atom stereocenters. The van der Waals surface area contributed by atoms with Gasteiger partial charge in [0.05, 0.1) is 5.56 Å². The van der Waals surface area contributed by atoms with Gasteiger partial charge in [0.2, 0.25) is 0 Å². The molecule has 0 aliphatic rings. The third-order valence-electron chi connectivity index (χ3n) is 2.43. The highest BCUT2D eigenvalue weighted by Gasteiger charge is 2.12. The van der Waals surface area contributed by atoms with E-state index in [0.717, 1.165) is 5.56 Å². The highest BCUT2D eigenvalue weighted by atomic mass is 32.3. The van der Waals surface area contributed by atoms with Gasteiger partial charge in [-0.1, -0.05) is 36.4 Å². The maximum Gasteiger partial charge on any atom is 0.394 e. The van der Waals surface area contributed by atoms with E-state index >= 15 is 0 Å². The van der Waals surface area contributed by atoms with E-state index in [0.29, 0.717) is 11.1 Å². The number of phenolic OH excluding ortho intramolecular Hbond substituents is 1. The molecule has 0 aliphatic heterocycles. The van der Waals surface area contributed by atoms with Crippen molar-refractivity contribution in [2.45, 2.75) is 6.92 Å². The van der Waals surface area contributed by atoms with E-state index in [9.17, 15) is 9.90 Å². The van der Waals surface area contributed by atoms with Crippen LogP contribution in [-0.4, -0.2) is 28.4 Å². The summed E-state index contributed by atoms with van der Waals surface area (Å²) >= 11 is 0. The van der Waals surface area contributed by atoms with Gasteiger partial charge in [-0.2, -0.15) is 8.42 Å². The van der Waals surface area contributed by atoms with Crippen molar-refractivity contribution >= 4 is 16.2 Å². The van der Waals surface area contributed by atoms with Gasteiger partial charge in [0.25, 0.3) is 0 Å². The quantitative estimate of drug-likeness (QED) is 0.579. The molecule has 2 aromatic rings. The lowest BCUT2D eigenvalue weighted by Gasteiger charge is -2.04. The molecule has 0 saturated carbocycles. The van der Waals surface area contributed by atoms with Crippen LogP contribution >= 0.6 is 0 Å². The molecular weight excluding hydrogens is 296 g/mol. The van der Waals surface area contributed by atoms with E-state index in [1.165, 1.54) is 0 Å². The maximum absolute atomic E-state index is 12.0. The summed E-state index contributed by atoms with van der Waals surface area (Å²) in [5, 5.41) is 9.70. The molecule has 0 radical (unpaired) electrons. The average molecular weight is 310 g/mol. The molecule has 6 nitrogen and oxygen atoms in total. The normalized spacial score (nSPS) is 10.4. The van der Waals surface area contributed by atoms with Crippen LogP contribution in [-0.2, 0) is 10.4 Å². The summed E-state index contributed by atoms with van der Waals surface area (Å²) in [6.07, 6.45) is 0. The smallest absolute Gasteiger partial charge is 0.394 e. The Morgan fingerprint density at radius 2 is 1.52 bits per heavy atom. The van der Waals surface area contributed by atoms with Gasteiger partial charge >= 0.3 is 10.4 Å². The van der Waals surface area contributed by atoms with E-state index in [-0.39, 0.29) is 11.5 Å². The SMILES string of the molecule is Cc1ccc(C(=O)c2ccccc2)c(O)c1.O=S(=O)(O)O. The first kappa shape index (κ1) is 16.8. The van der Waals surface area contributed by atoms with Crippen molar-refractivity contribution in [3.8, 4) is 5.75 Å². The molecule has 0 heterocycles. The van der Waals surface area contributed by atoms with Crippen molar-refractivity contribution in [3.63, 3.8) is 0 Å². The molecule has 0 fully saturated rings. The zero-order valence-corrected chi connectivity index (χ0v) is 11.9. The van der Waals surface area contributed by atoms with Gasteiger partial charge in [-0.15, -0.1) is 0 Å². The number of aryl methyl sites for hydroxylation is 1. The van der Waals surface area contributed by atoms with E-state index in [1.54, 1.807) is 36.4 Å². The van der Waals surface area contributed by atoms with Crippen molar-refractivity contribution in [3.05, 3.63) is 65.2 Å². The minimum atomic E-state index is -4.67. The molecule has 3 N–H and O–H groups in total. The lowest BCUT2D eigenvalue weighted by molar-refractivity contribution is 0.103. The van der Waals surface area contributed by atoms with E-state index < -0.39 is 10.4 Å². The Hall–Kier alpha value is -2.22. The van der Waals surface area contributed by atoms with Gasteiger partial charge in [-0.05, 0) is 24.6 Å². The summed E-state index contributed by atoms with van der Waals surface area (Å²) in [6.45, 7) is 1.87. The summed E-state index contributed by atoms with van der Waals surface area (Å²) in [5.74, 6) is -0.119. The number of hydrogen-bond donors (Lipinski definition) is 3. The molecule has 2 aromatic carbocycles. The summed E-state index contributed by atoms with van der Waals surface area (Å²) in [6, 6.07) is 14.0. The maximum atomic E-state index is 12.0. The Bertz CT molecular complexity index is 714. The first-order valence-electron chi connectivity index (χ1n) is 5.77. The molecular formula is C14H14O6S. The second kappa shape index (κ2) is 6.98. The number of rotatable bonds is 2. The van der Waals surface area contributed by atoms with Crippen molar-refractivity contribution in [2.75, 3.05) is 0 Å². The topological polar surface area (TPSA) is 112 Å². The molecule has 112 valence electrons. The van der Waals surface area contributed by atoms with Crippen molar-refractivity contribution in [2.24, 2.45) is 0 Å². The van der Waals surface area contributed by atoms with Crippen molar-refractivity contribution in [1.82, 2.24) is 0 Å². The summed E-state index contributed by atoms with van der Waals surface area (Å²) < 4.78 is 31.6. The van der Waals surface area contributed by atoms with Crippen LogP contribution in [0.25, 0.3) is 0 Å². The highest BCUT2D eigenvalue weighted by Crippen LogP contribution is 2.21. The predicted octanol–water partition coefficient (Wildman–Crippen LogP) is 2.28. The fourth-order valence-corrected chi connectivity index (χ4v) is 1.58. The fraction of sp³-hybridized carbons (Fsp3) is 0.0714. The van der Waals surface area contributed by atoms with Gasteiger partial charge < -0.3 is 5.11 Å². The summed E-state index contributed by atoms with van der Waals surface area (Å²) in [4.78, 5) is 12.0. The largest absolute Gasteiger partial charge is 0.507 e. The molecule has 7 heteroatoms. The zero-order valence-electron chi connectivity index (χ0n) is 11.1. The lowest BCUT2D eigenvalue weighted by Crippen LogP contribution is -2.01. The Labute approximate surface area is 122 Å². The Kier molecular flexibility index (Phi) is 5.60. The van der Waals surface area contributed by atoms with Crippen LogP contribution in [0.5, 0.6) is 5.75 Å². The standard InChI is InChI=1S/C14H12O2.H2O4S/c1-10-7-8-12(13(15)9-10)14(16)11-5-3-2-4-6-11;1-5(2,3)4/h2-9,15H,1H3;(H2,1,2,3,4). The number of benzene rings is 2. The predicted molar refractivity (Wildman–Crippen MR) is 76.9 cm³/mol. The van der Waals surface area contributed by atoms with E-state index in [2.05, 4.69) is 0 Å². The van der Waals surface area contributed by atoms with Crippen LogP contribution in [0.15, 0.2) is 48.5 Å². The first-order chi connectivity index (χ1) is 9.68. The molecule has 2 rings (SSSR count). The molecule has 0 bridgehead atoms. The molecule has 0 aromatic heterocycles. The third kappa shape index (κ3) is 6.17.